The molecule has 0 spiro atoms. The van der Waals surface area contributed by atoms with E-state index in [1.165, 1.54) is 7.11 Å². The summed E-state index contributed by atoms with van der Waals surface area (Å²) in [4.78, 5) is 6.31. The van der Waals surface area contributed by atoms with Crippen molar-refractivity contribution in [3.05, 3.63) is 42.1 Å². The number of hydrogen-bond donors (Lipinski definition) is 2. The minimum atomic E-state index is -2.77. The number of aromatic nitrogens is 1. The molecular weight excluding hydrogens is 326 g/mol. The van der Waals surface area contributed by atoms with E-state index in [0.717, 1.165) is 28.4 Å². The molecule has 0 saturated carbocycles. The Hall–Kier alpha value is -2.41. The first-order valence-corrected chi connectivity index (χ1v) is 8.31. The molecule has 0 amide bonds. The second-order valence-corrected chi connectivity index (χ2v) is 6.40. The van der Waals surface area contributed by atoms with Crippen LogP contribution in [0.1, 0.15) is 12.0 Å². The first-order valence-electron chi connectivity index (χ1n) is 8.31. The molecular formula is C18H20F2N4O. The van der Waals surface area contributed by atoms with E-state index in [2.05, 4.69) is 15.6 Å². The molecule has 5 nitrogen and oxygen atoms in total. The molecule has 2 aromatic rings. The molecule has 132 valence electrons. The lowest BCUT2D eigenvalue weighted by molar-refractivity contribution is -0.132. The van der Waals surface area contributed by atoms with Crippen molar-refractivity contribution < 1.29 is 13.5 Å². The largest absolute Gasteiger partial charge is 0.379 e. The van der Waals surface area contributed by atoms with Gasteiger partial charge in [0.15, 0.2) is 0 Å². The normalized spacial score (nSPS) is 21.4. The van der Waals surface area contributed by atoms with Gasteiger partial charge in [0.2, 0.25) is 0 Å². The molecule has 25 heavy (non-hydrogen) atoms. The number of ether oxygens (including phenoxy) is 1. The zero-order valence-electron chi connectivity index (χ0n) is 13.9. The zero-order chi connectivity index (χ0) is 17.4. The number of methoxy groups -OCH3 is 1. The maximum atomic E-state index is 13.9. The third-order valence-electron chi connectivity index (χ3n) is 4.84. The average Bonchev–Trinajstić information content (AvgIpc) is 2.80. The van der Waals surface area contributed by atoms with Gasteiger partial charge in [0, 0.05) is 44.1 Å². The highest BCUT2D eigenvalue weighted by atomic mass is 19.3. The van der Waals surface area contributed by atoms with Crippen molar-refractivity contribution in [2.75, 3.05) is 35.7 Å². The number of fused-ring (bicyclic) bond motifs is 2. The van der Waals surface area contributed by atoms with E-state index < -0.39 is 12.0 Å². The third kappa shape index (κ3) is 3.00. The van der Waals surface area contributed by atoms with Gasteiger partial charge in [-0.25, -0.2) is 13.8 Å². The van der Waals surface area contributed by atoms with E-state index in [4.69, 9.17) is 4.74 Å². The summed E-state index contributed by atoms with van der Waals surface area (Å²) in [5, 5.41) is 6.72. The topological polar surface area (TPSA) is 49.4 Å². The molecule has 2 N–H and O–H groups in total. The van der Waals surface area contributed by atoms with Crippen LogP contribution in [0.3, 0.4) is 0 Å². The Morgan fingerprint density at radius 2 is 2.16 bits per heavy atom. The van der Waals surface area contributed by atoms with Gasteiger partial charge < -0.3 is 20.3 Å². The van der Waals surface area contributed by atoms with Crippen LogP contribution in [0.5, 0.6) is 0 Å². The fourth-order valence-electron chi connectivity index (χ4n) is 3.35. The van der Waals surface area contributed by atoms with Gasteiger partial charge in [-0.15, -0.1) is 0 Å². The minimum Gasteiger partial charge on any atom is -0.379 e. The predicted molar refractivity (Wildman–Crippen MR) is 93.9 cm³/mol. The highest BCUT2D eigenvalue weighted by Crippen LogP contribution is 2.37. The van der Waals surface area contributed by atoms with E-state index >= 15 is 0 Å². The number of nitrogens with one attached hydrogen (secondary N) is 2. The number of alkyl halides is 2. The molecule has 2 aliphatic rings. The van der Waals surface area contributed by atoms with Crippen LogP contribution in [0.15, 0.2) is 36.5 Å². The first kappa shape index (κ1) is 16.1. The van der Waals surface area contributed by atoms with Crippen LogP contribution >= 0.6 is 0 Å². The highest BCUT2D eigenvalue weighted by molar-refractivity contribution is 5.79. The van der Waals surface area contributed by atoms with Gasteiger partial charge in [-0.1, -0.05) is 6.07 Å². The van der Waals surface area contributed by atoms with Crippen LogP contribution in [-0.4, -0.2) is 37.2 Å². The van der Waals surface area contributed by atoms with Gasteiger partial charge in [-0.3, -0.25) is 0 Å². The van der Waals surface area contributed by atoms with Crippen molar-refractivity contribution in [2.24, 2.45) is 0 Å². The molecule has 2 aliphatic heterocycles. The van der Waals surface area contributed by atoms with E-state index in [9.17, 15) is 8.78 Å². The number of benzene rings is 1. The van der Waals surface area contributed by atoms with E-state index in [-0.39, 0.29) is 13.0 Å². The Balaban J connectivity index is 1.58. The molecule has 3 heterocycles. The third-order valence-corrected chi connectivity index (χ3v) is 4.84. The number of hydrogen-bond acceptors (Lipinski definition) is 5. The van der Waals surface area contributed by atoms with Crippen LogP contribution in [0.4, 0.5) is 31.7 Å². The quantitative estimate of drug-likeness (QED) is 0.870. The number of halogens is 2. The Kier molecular flexibility index (Phi) is 3.95. The fraction of sp³-hybridized carbons (Fsp3) is 0.389. The van der Waals surface area contributed by atoms with Gasteiger partial charge in [-0.05, 0) is 24.3 Å². The Morgan fingerprint density at radius 3 is 3.00 bits per heavy atom. The van der Waals surface area contributed by atoms with Gasteiger partial charge >= 0.3 is 0 Å². The standard InChI is InChI=1S/C18H20F2N4O/c1-25-16-11-24(8-6-18(16,19)20)13-4-5-14-15(9-13)22-10-12-3-2-7-21-17(12)23-14/h2-5,7,9,16,22H,6,8,10-11H2,1H3,(H,21,23). The lowest BCUT2D eigenvalue weighted by Crippen LogP contribution is -2.51. The number of rotatable bonds is 2. The highest BCUT2D eigenvalue weighted by Gasteiger charge is 2.44. The molecule has 1 saturated heterocycles. The van der Waals surface area contributed by atoms with Crippen molar-refractivity contribution in [2.45, 2.75) is 25.0 Å². The van der Waals surface area contributed by atoms with Crippen molar-refractivity contribution in [1.82, 2.24) is 4.98 Å². The summed E-state index contributed by atoms with van der Waals surface area (Å²) in [5.74, 6) is -1.94. The monoisotopic (exact) mass is 346 g/mol. The number of pyridine rings is 1. The second kappa shape index (κ2) is 6.15. The Morgan fingerprint density at radius 1 is 1.28 bits per heavy atom. The van der Waals surface area contributed by atoms with E-state index in [1.807, 2.05) is 35.2 Å². The number of nitrogens with zero attached hydrogens (tertiary/aromatic N) is 2. The zero-order valence-corrected chi connectivity index (χ0v) is 13.9. The van der Waals surface area contributed by atoms with Crippen molar-refractivity contribution >= 4 is 22.9 Å². The SMILES string of the molecule is COC1CN(c2ccc3c(c2)NCc2cccnc2N3)CCC1(F)F. The maximum absolute atomic E-state index is 13.9. The molecule has 1 fully saturated rings. The van der Waals surface area contributed by atoms with Gasteiger partial charge in [0.25, 0.3) is 5.92 Å². The van der Waals surface area contributed by atoms with E-state index in [0.29, 0.717) is 13.1 Å². The van der Waals surface area contributed by atoms with Crippen LogP contribution in [-0.2, 0) is 11.3 Å². The molecule has 1 unspecified atom stereocenters. The molecule has 7 heteroatoms. The van der Waals surface area contributed by atoms with Crippen LogP contribution in [0.25, 0.3) is 0 Å². The summed E-state index contributed by atoms with van der Waals surface area (Å²) in [5.41, 5.74) is 3.84. The van der Waals surface area contributed by atoms with Crippen LogP contribution in [0, 0.1) is 0 Å². The molecule has 1 aromatic heterocycles. The van der Waals surface area contributed by atoms with Crippen LogP contribution in [0.2, 0.25) is 0 Å². The Labute approximate surface area is 145 Å². The molecule has 1 aromatic carbocycles. The summed E-state index contributed by atoms with van der Waals surface area (Å²) in [6.07, 6.45) is 0.466. The maximum Gasteiger partial charge on any atom is 0.277 e. The molecule has 1 atom stereocenters. The lowest BCUT2D eigenvalue weighted by Gasteiger charge is -2.38. The smallest absolute Gasteiger partial charge is 0.277 e. The van der Waals surface area contributed by atoms with Crippen molar-refractivity contribution in [3.63, 3.8) is 0 Å². The van der Waals surface area contributed by atoms with Gasteiger partial charge in [-0.2, -0.15) is 0 Å². The number of piperidine rings is 1. The molecule has 0 radical (unpaired) electrons. The summed E-state index contributed by atoms with van der Waals surface area (Å²) in [7, 11) is 1.34. The lowest BCUT2D eigenvalue weighted by atomic mass is 10.0. The first-order chi connectivity index (χ1) is 12.1. The fourth-order valence-corrected chi connectivity index (χ4v) is 3.35. The van der Waals surface area contributed by atoms with E-state index in [1.54, 1.807) is 6.20 Å². The molecule has 4 rings (SSSR count). The van der Waals surface area contributed by atoms with Gasteiger partial charge in [0.05, 0.1) is 17.9 Å². The summed E-state index contributed by atoms with van der Waals surface area (Å²) in [6.45, 7) is 1.14. The summed E-state index contributed by atoms with van der Waals surface area (Å²) >= 11 is 0. The summed E-state index contributed by atoms with van der Waals surface area (Å²) < 4.78 is 32.7. The average molecular weight is 346 g/mol. The number of anilines is 4. The molecule has 0 aliphatic carbocycles. The van der Waals surface area contributed by atoms with Gasteiger partial charge in [0.1, 0.15) is 11.9 Å². The minimum absolute atomic E-state index is 0.178. The summed E-state index contributed by atoms with van der Waals surface area (Å²) in [6, 6.07) is 9.81. The van der Waals surface area contributed by atoms with Crippen molar-refractivity contribution in [3.8, 4) is 0 Å². The molecule has 0 bridgehead atoms. The Bertz CT molecular complexity index is 783. The second-order valence-electron chi connectivity index (χ2n) is 6.40. The van der Waals surface area contributed by atoms with Crippen LogP contribution < -0.4 is 15.5 Å². The predicted octanol–water partition coefficient (Wildman–Crippen LogP) is 3.61. The van der Waals surface area contributed by atoms with Crippen molar-refractivity contribution in [1.29, 1.82) is 0 Å².